The lowest BCUT2D eigenvalue weighted by Gasteiger charge is -2.12. The van der Waals surface area contributed by atoms with Gasteiger partial charge in [-0.25, -0.2) is 0 Å². The van der Waals surface area contributed by atoms with Gasteiger partial charge in [-0.2, -0.15) is 0 Å². The van der Waals surface area contributed by atoms with Crippen LogP contribution < -0.4 is 5.43 Å². The van der Waals surface area contributed by atoms with Crippen molar-refractivity contribution in [3.63, 3.8) is 0 Å². The fourth-order valence-electron chi connectivity index (χ4n) is 1.73. The predicted molar refractivity (Wildman–Crippen MR) is 76.4 cm³/mol. The van der Waals surface area contributed by atoms with Gasteiger partial charge in [0.15, 0.2) is 5.43 Å². The van der Waals surface area contributed by atoms with Crippen molar-refractivity contribution < 1.29 is 0 Å². The van der Waals surface area contributed by atoms with E-state index in [0.29, 0.717) is 15.6 Å². The topological polar surface area (TPSA) is 22.0 Å². The fraction of sp³-hybridized carbons (Fsp3) is 0.154. The van der Waals surface area contributed by atoms with Crippen LogP contribution in [0.5, 0.6) is 0 Å². The highest BCUT2D eigenvalue weighted by atomic mass is 35.5. The van der Waals surface area contributed by atoms with Crippen LogP contribution >= 0.6 is 34.8 Å². The Morgan fingerprint density at radius 3 is 2.28 bits per heavy atom. The van der Waals surface area contributed by atoms with E-state index in [4.69, 9.17) is 34.8 Å². The first-order chi connectivity index (χ1) is 8.51. The number of nitrogens with zero attached hydrogens (tertiary/aromatic N) is 1. The van der Waals surface area contributed by atoms with E-state index in [-0.39, 0.29) is 11.3 Å². The summed E-state index contributed by atoms with van der Waals surface area (Å²) in [4.78, 5) is 11.6. The van der Waals surface area contributed by atoms with Gasteiger partial charge in [0, 0.05) is 39.3 Å². The van der Waals surface area contributed by atoms with Crippen molar-refractivity contribution in [2.75, 3.05) is 0 Å². The Hall–Kier alpha value is -0.960. The van der Waals surface area contributed by atoms with Gasteiger partial charge in [0.05, 0.1) is 5.88 Å². The first kappa shape index (κ1) is 13.5. The number of halogens is 3. The second-order valence-electron chi connectivity index (χ2n) is 3.94. The minimum atomic E-state index is -0.0631. The number of pyridine rings is 1. The first-order valence-electron chi connectivity index (χ1n) is 5.26. The molecule has 0 atom stereocenters. The van der Waals surface area contributed by atoms with Gasteiger partial charge in [0.1, 0.15) is 0 Å². The second kappa shape index (κ2) is 5.35. The van der Waals surface area contributed by atoms with Crippen LogP contribution in [0.25, 0.3) is 5.69 Å². The summed E-state index contributed by atoms with van der Waals surface area (Å²) < 4.78 is 1.84. The highest BCUT2D eigenvalue weighted by Gasteiger charge is 2.06. The molecule has 0 aliphatic rings. The quantitative estimate of drug-likeness (QED) is 0.762. The fourth-order valence-corrected chi connectivity index (χ4v) is 2.45. The van der Waals surface area contributed by atoms with Crippen molar-refractivity contribution in [1.29, 1.82) is 0 Å². The van der Waals surface area contributed by atoms with Gasteiger partial charge < -0.3 is 4.57 Å². The van der Waals surface area contributed by atoms with Crippen LogP contribution in [0.15, 0.2) is 35.3 Å². The van der Waals surface area contributed by atoms with Gasteiger partial charge in [0.2, 0.25) is 0 Å². The van der Waals surface area contributed by atoms with Crippen molar-refractivity contribution in [3.05, 3.63) is 62.0 Å². The smallest absolute Gasteiger partial charge is 0.186 e. The average molecular weight is 303 g/mol. The summed E-state index contributed by atoms with van der Waals surface area (Å²) >= 11 is 17.7. The molecule has 94 valence electrons. The molecule has 0 fully saturated rings. The zero-order valence-electron chi connectivity index (χ0n) is 9.58. The minimum Gasteiger partial charge on any atom is -0.320 e. The molecule has 1 aromatic carbocycles. The zero-order valence-corrected chi connectivity index (χ0v) is 11.9. The molecule has 1 aromatic heterocycles. The van der Waals surface area contributed by atoms with Crippen molar-refractivity contribution >= 4 is 34.8 Å². The molecule has 0 N–H and O–H groups in total. The lowest BCUT2D eigenvalue weighted by Crippen LogP contribution is -2.13. The lowest BCUT2D eigenvalue weighted by atomic mass is 10.2. The molecule has 5 heteroatoms. The van der Waals surface area contributed by atoms with Gasteiger partial charge >= 0.3 is 0 Å². The molecule has 0 radical (unpaired) electrons. The van der Waals surface area contributed by atoms with Gasteiger partial charge in [-0.15, -0.1) is 11.6 Å². The Morgan fingerprint density at radius 1 is 1.11 bits per heavy atom. The SMILES string of the molecule is Cc1cc(=O)c(CCl)cn1-c1cc(Cl)cc(Cl)c1. The van der Waals surface area contributed by atoms with Crippen molar-refractivity contribution in [1.82, 2.24) is 4.57 Å². The normalized spacial score (nSPS) is 10.7. The summed E-state index contributed by atoms with van der Waals surface area (Å²) in [6.45, 7) is 1.84. The molecule has 2 nitrogen and oxygen atoms in total. The highest BCUT2D eigenvalue weighted by Crippen LogP contribution is 2.22. The van der Waals surface area contributed by atoms with E-state index < -0.39 is 0 Å². The monoisotopic (exact) mass is 301 g/mol. The Morgan fingerprint density at radius 2 is 1.72 bits per heavy atom. The van der Waals surface area contributed by atoms with Crippen LogP contribution in [0.1, 0.15) is 11.3 Å². The van der Waals surface area contributed by atoms with E-state index in [1.807, 2.05) is 11.5 Å². The number of aromatic nitrogens is 1. The molecule has 0 saturated heterocycles. The summed E-state index contributed by atoms with van der Waals surface area (Å²) in [5, 5.41) is 1.09. The van der Waals surface area contributed by atoms with Gasteiger partial charge in [0.25, 0.3) is 0 Å². The number of benzene rings is 1. The maximum atomic E-state index is 11.6. The maximum Gasteiger partial charge on any atom is 0.186 e. The molecule has 18 heavy (non-hydrogen) atoms. The van der Waals surface area contributed by atoms with E-state index in [0.717, 1.165) is 11.4 Å². The molecule has 0 unspecified atom stereocenters. The van der Waals surface area contributed by atoms with E-state index >= 15 is 0 Å². The van der Waals surface area contributed by atoms with Crippen molar-refractivity contribution in [2.24, 2.45) is 0 Å². The summed E-state index contributed by atoms with van der Waals surface area (Å²) in [7, 11) is 0. The summed E-state index contributed by atoms with van der Waals surface area (Å²) in [6.07, 6.45) is 1.71. The van der Waals surface area contributed by atoms with E-state index in [1.165, 1.54) is 0 Å². The molecule has 0 bridgehead atoms. The lowest BCUT2D eigenvalue weighted by molar-refractivity contribution is 0.955. The third-order valence-corrected chi connectivity index (χ3v) is 3.32. The Balaban J connectivity index is 2.66. The molecule has 0 spiro atoms. The van der Waals surface area contributed by atoms with Crippen LogP contribution in [-0.2, 0) is 5.88 Å². The molecule has 0 aliphatic carbocycles. The number of alkyl halides is 1. The predicted octanol–water partition coefficient (Wildman–Crippen LogP) is 4.19. The Labute approximate surface area is 120 Å². The standard InChI is InChI=1S/C13H10Cl3NO/c1-8-2-13(18)9(6-14)7-17(8)12-4-10(15)3-11(16)5-12/h2-5,7H,6H2,1H3. The molecular weight excluding hydrogens is 293 g/mol. The van der Waals surface area contributed by atoms with Crippen molar-refractivity contribution in [3.8, 4) is 5.69 Å². The minimum absolute atomic E-state index is 0.0631. The summed E-state index contributed by atoms with van der Waals surface area (Å²) in [5.74, 6) is 0.174. The number of rotatable bonds is 2. The van der Waals surface area contributed by atoms with Crippen LogP contribution in [0.3, 0.4) is 0 Å². The number of aryl methyl sites for hydroxylation is 1. The van der Waals surface area contributed by atoms with Crippen molar-refractivity contribution in [2.45, 2.75) is 12.8 Å². The van der Waals surface area contributed by atoms with E-state index in [1.54, 1.807) is 30.5 Å². The molecule has 2 aromatic rings. The molecule has 1 heterocycles. The average Bonchev–Trinajstić information content (AvgIpc) is 2.27. The molecule has 0 aliphatic heterocycles. The molecular formula is C13H10Cl3NO. The number of hydrogen-bond acceptors (Lipinski definition) is 1. The van der Waals surface area contributed by atoms with E-state index in [9.17, 15) is 4.79 Å². The summed E-state index contributed by atoms with van der Waals surface area (Å²) in [6, 6.07) is 6.77. The summed E-state index contributed by atoms with van der Waals surface area (Å²) in [5.41, 5.74) is 2.08. The van der Waals surface area contributed by atoms with Gasteiger partial charge in [-0.05, 0) is 25.1 Å². The first-order valence-corrected chi connectivity index (χ1v) is 6.55. The third-order valence-electron chi connectivity index (χ3n) is 2.59. The zero-order chi connectivity index (χ0) is 13.3. The third kappa shape index (κ3) is 2.72. The number of hydrogen-bond donors (Lipinski definition) is 0. The molecule has 2 rings (SSSR count). The van der Waals surface area contributed by atoms with Crippen LogP contribution in [0.2, 0.25) is 10.0 Å². The van der Waals surface area contributed by atoms with Gasteiger partial charge in [-0.1, -0.05) is 23.2 Å². The van der Waals surface area contributed by atoms with Gasteiger partial charge in [-0.3, -0.25) is 4.79 Å². The van der Waals surface area contributed by atoms with Crippen LogP contribution in [-0.4, -0.2) is 4.57 Å². The molecule has 0 amide bonds. The maximum absolute atomic E-state index is 11.6. The largest absolute Gasteiger partial charge is 0.320 e. The van der Waals surface area contributed by atoms with Crippen LogP contribution in [0, 0.1) is 6.92 Å². The second-order valence-corrected chi connectivity index (χ2v) is 5.08. The Bertz CT molecular complexity index is 629. The van der Waals surface area contributed by atoms with E-state index in [2.05, 4.69) is 0 Å². The Kier molecular flexibility index (Phi) is 4.00. The highest BCUT2D eigenvalue weighted by molar-refractivity contribution is 6.34. The van der Waals surface area contributed by atoms with Crippen LogP contribution in [0.4, 0.5) is 0 Å². The molecule has 0 saturated carbocycles.